The molecule has 0 fully saturated rings. The molecule has 0 saturated carbocycles. The average molecular weight is 570 g/mol. The fourth-order valence-electron chi connectivity index (χ4n) is 5.03. The van der Waals surface area contributed by atoms with Crippen LogP contribution < -0.4 is 10.4 Å². The summed E-state index contributed by atoms with van der Waals surface area (Å²) in [5.41, 5.74) is -1.58. The number of carbonyl (C=O) groups is 1. The van der Waals surface area contributed by atoms with E-state index in [1.807, 2.05) is 0 Å². The molecule has 2 aromatic carbocycles. The number of fused-ring (bicyclic) bond motifs is 3. The van der Waals surface area contributed by atoms with Crippen LogP contribution in [0.2, 0.25) is 0 Å². The number of pyridine rings is 1. The predicted molar refractivity (Wildman–Crippen MR) is 131 cm³/mol. The highest BCUT2D eigenvalue weighted by Gasteiger charge is 2.47. The molecular weight excluding hydrogens is 548 g/mol. The largest absolute Gasteiger partial charge is 0.502 e. The van der Waals surface area contributed by atoms with Gasteiger partial charge in [0, 0.05) is 35.4 Å². The predicted octanol–water partition coefficient (Wildman–Crippen LogP) is 5.31. The maximum Gasteiger partial charge on any atom is 0.416 e. The van der Waals surface area contributed by atoms with Crippen LogP contribution in [0.3, 0.4) is 0 Å². The highest BCUT2D eigenvalue weighted by atomic mass is 32.2. The second kappa shape index (κ2) is 9.54. The minimum absolute atomic E-state index is 0.0124. The lowest BCUT2D eigenvalue weighted by atomic mass is 9.84. The summed E-state index contributed by atoms with van der Waals surface area (Å²) in [4.78, 5) is 26.4. The second-order valence-corrected chi connectivity index (χ2v) is 10.3. The molecule has 0 unspecified atom stereocenters. The Hall–Kier alpha value is -3.61. The van der Waals surface area contributed by atoms with Crippen LogP contribution >= 0.6 is 11.8 Å². The number of aromatic hydroxyl groups is 1. The van der Waals surface area contributed by atoms with Crippen molar-refractivity contribution < 1.29 is 36.2 Å². The molecule has 0 radical (unpaired) electrons. The van der Waals surface area contributed by atoms with Gasteiger partial charge in [0.25, 0.3) is 5.91 Å². The Morgan fingerprint density at radius 3 is 2.44 bits per heavy atom. The fourth-order valence-corrected chi connectivity index (χ4v) is 6.14. The second-order valence-electron chi connectivity index (χ2n) is 9.30. The van der Waals surface area contributed by atoms with Gasteiger partial charge in [-0.05, 0) is 35.7 Å². The number of halogens is 6. The molecule has 2 aliphatic rings. The van der Waals surface area contributed by atoms with Gasteiger partial charge < -0.3 is 10.0 Å². The van der Waals surface area contributed by atoms with Crippen LogP contribution in [0.15, 0.2) is 64.4 Å². The minimum Gasteiger partial charge on any atom is -0.502 e. The Bertz CT molecular complexity index is 1500. The van der Waals surface area contributed by atoms with Gasteiger partial charge >= 0.3 is 12.4 Å². The Morgan fingerprint density at radius 2 is 1.74 bits per heavy atom. The van der Waals surface area contributed by atoms with Gasteiger partial charge in [-0.3, -0.25) is 19.3 Å². The summed E-state index contributed by atoms with van der Waals surface area (Å²) in [6, 6.07) is 9.36. The molecule has 5 rings (SSSR count). The molecule has 0 saturated heterocycles. The zero-order valence-corrected chi connectivity index (χ0v) is 21.1. The van der Waals surface area contributed by atoms with E-state index in [1.165, 1.54) is 22.8 Å². The summed E-state index contributed by atoms with van der Waals surface area (Å²) in [7, 11) is 0. The molecule has 6 nitrogen and oxygen atoms in total. The number of hydrogen-bond donors (Lipinski definition) is 1. The smallest absolute Gasteiger partial charge is 0.416 e. The monoisotopic (exact) mass is 569 g/mol. The standard InChI is InChI=1S/C26H21F6N3O3S/c1-14(25(27,28)29)34-13-33(35-10-9-19(36)23(37)22(35)24(34)38)11-17-16-6-2-3-8-20(16)39-12-15-5-4-7-18(21(15)17)26(30,31)32/h2-10,14,17,37H,11-13H2,1H3/t14-,17-/m1/s1. The van der Waals surface area contributed by atoms with Crippen LogP contribution in [0.25, 0.3) is 0 Å². The summed E-state index contributed by atoms with van der Waals surface area (Å²) in [5.74, 6) is -3.00. The van der Waals surface area contributed by atoms with Crippen molar-refractivity contribution in [2.45, 2.75) is 41.9 Å². The first-order chi connectivity index (χ1) is 18.3. The molecule has 39 heavy (non-hydrogen) atoms. The highest BCUT2D eigenvalue weighted by molar-refractivity contribution is 7.98. The fraction of sp³-hybridized carbons (Fsp3) is 0.308. The maximum absolute atomic E-state index is 14.3. The summed E-state index contributed by atoms with van der Waals surface area (Å²) < 4.78 is 84.9. The number of thioether (sulfide) groups is 1. The van der Waals surface area contributed by atoms with Crippen molar-refractivity contribution in [1.29, 1.82) is 0 Å². The summed E-state index contributed by atoms with van der Waals surface area (Å²) in [6.45, 7) is -0.177. The topological polar surface area (TPSA) is 65.8 Å². The highest BCUT2D eigenvalue weighted by Crippen LogP contribution is 2.46. The van der Waals surface area contributed by atoms with Gasteiger partial charge in [-0.2, -0.15) is 26.3 Å². The zero-order valence-electron chi connectivity index (χ0n) is 20.3. The molecule has 206 valence electrons. The van der Waals surface area contributed by atoms with Crippen molar-refractivity contribution in [3.05, 3.63) is 92.9 Å². The van der Waals surface area contributed by atoms with Crippen molar-refractivity contribution in [2.24, 2.45) is 0 Å². The normalized spacial score (nSPS) is 18.2. The van der Waals surface area contributed by atoms with Crippen molar-refractivity contribution in [3.63, 3.8) is 0 Å². The molecule has 0 aliphatic carbocycles. The molecule has 0 spiro atoms. The summed E-state index contributed by atoms with van der Waals surface area (Å²) >= 11 is 1.35. The SMILES string of the molecule is C[C@@H](N1CN(C[C@@H]2c3ccccc3SCc3cccc(C(F)(F)F)c32)n2ccc(=O)c(O)c2C1=O)C(F)(F)F. The van der Waals surface area contributed by atoms with Crippen LogP contribution in [0.1, 0.15) is 45.6 Å². The van der Waals surface area contributed by atoms with Crippen LogP contribution in [-0.4, -0.2) is 46.0 Å². The number of nitrogens with zero attached hydrogens (tertiary/aromatic N) is 3. The lowest BCUT2D eigenvalue weighted by Crippen LogP contribution is -2.60. The third kappa shape index (κ3) is 4.72. The van der Waals surface area contributed by atoms with E-state index in [0.717, 1.165) is 29.9 Å². The number of amides is 1. The molecule has 2 atom stereocenters. The molecule has 3 heterocycles. The van der Waals surface area contributed by atoms with Crippen molar-refractivity contribution >= 4 is 17.7 Å². The molecule has 1 aromatic heterocycles. The molecule has 1 amide bonds. The molecule has 0 bridgehead atoms. The van der Waals surface area contributed by atoms with E-state index in [0.29, 0.717) is 20.9 Å². The van der Waals surface area contributed by atoms with Crippen molar-refractivity contribution in [1.82, 2.24) is 9.58 Å². The number of carbonyl (C=O) groups excluding carboxylic acids is 1. The molecule has 2 aliphatic heterocycles. The van der Waals surface area contributed by atoms with E-state index in [-0.39, 0.29) is 17.9 Å². The lowest BCUT2D eigenvalue weighted by Gasteiger charge is -2.43. The quantitative estimate of drug-likeness (QED) is 0.433. The zero-order chi connectivity index (χ0) is 28.3. The van der Waals surface area contributed by atoms with Gasteiger partial charge in [-0.1, -0.05) is 30.3 Å². The van der Waals surface area contributed by atoms with E-state index in [9.17, 15) is 41.0 Å². The van der Waals surface area contributed by atoms with E-state index in [4.69, 9.17) is 0 Å². The molecule has 13 heteroatoms. The number of hydrogen-bond acceptors (Lipinski definition) is 5. The van der Waals surface area contributed by atoms with Crippen LogP contribution in [0.5, 0.6) is 5.75 Å². The minimum atomic E-state index is -4.84. The Morgan fingerprint density at radius 1 is 1.03 bits per heavy atom. The number of alkyl halides is 6. The third-order valence-electron chi connectivity index (χ3n) is 7.00. The van der Waals surface area contributed by atoms with E-state index in [1.54, 1.807) is 30.3 Å². The molecule has 3 aromatic rings. The first-order valence-corrected chi connectivity index (χ1v) is 12.8. The lowest BCUT2D eigenvalue weighted by molar-refractivity contribution is -0.173. The molecule has 1 N–H and O–H groups in total. The third-order valence-corrected chi connectivity index (χ3v) is 8.14. The number of rotatable bonds is 3. The number of aromatic nitrogens is 1. The number of benzene rings is 2. The van der Waals surface area contributed by atoms with Gasteiger partial charge in [-0.25, -0.2) is 0 Å². The van der Waals surface area contributed by atoms with Crippen LogP contribution in [0, 0.1) is 0 Å². The van der Waals surface area contributed by atoms with Crippen LogP contribution in [-0.2, 0) is 11.9 Å². The van der Waals surface area contributed by atoms with Gasteiger partial charge in [0.15, 0.2) is 11.4 Å². The average Bonchev–Trinajstić information content (AvgIpc) is 3.03. The first kappa shape index (κ1) is 27.0. The maximum atomic E-state index is 14.3. The van der Waals surface area contributed by atoms with Gasteiger partial charge in [0.05, 0.1) is 5.56 Å². The van der Waals surface area contributed by atoms with Crippen molar-refractivity contribution in [2.75, 3.05) is 18.2 Å². The van der Waals surface area contributed by atoms with E-state index < -0.39 is 59.3 Å². The van der Waals surface area contributed by atoms with Gasteiger partial charge in [0.2, 0.25) is 5.43 Å². The molecular formula is C26H21F6N3O3S. The van der Waals surface area contributed by atoms with Gasteiger partial charge in [-0.15, -0.1) is 11.8 Å². The van der Waals surface area contributed by atoms with E-state index >= 15 is 0 Å². The first-order valence-electron chi connectivity index (χ1n) is 11.8. The Kier molecular flexibility index (Phi) is 6.60. The van der Waals surface area contributed by atoms with Gasteiger partial charge in [0.1, 0.15) is 12.7 Å². The summed E-state index contributed by atoms with van der Waals surface area (Å²) in [5, 5.41) is 11.7. The summed E-state index contributed by atoms with van der Waals surface area (Å²) in [6.07, 6.45) is -8.42. The Balaban J connectivity index is 1.70. The van der Waals surface area contributed by atoms with Crippen molar-refractivity contribution in [3.8, 4) is 5.75 Å². The van der Waals surface area contributed by atoms with E-state index in [2.05, 4.69) is 0 Å². The Labute approximate surface area is 222 Å². The van der Waals surface area contributed by atoms with Crippen LogP contribution in [0.4, 0.5) is 26.3 Å².